The first kappa shape index (κ1) is 10.7. The fraction of sp³-hybridized carbons (Fsp3) is 0.200. The molecule has 0 saturated heterocycles. The second-order valence-corrected chi connectivity index (χ2v) is 3.88. The lowest BCUT2D eigenvalue weighted by molar-refractivity contribution is 0.0694. The van der Waals surface area contributed by atoms with Crippen molar-refractivity contribution in [2.75, 3.05) is 14.2 Å². The molecule has 6 heteroatoms. The van der Waals surface area contributed by atoms with Gasteiger partial charge in [-0.25, -0.2) is 9.78 Å². The first-order chi connectivity index (χ1) is 7.69. The van der Waals surface area contributed by atoms with Gasteiger partial charge < -0.3 is 14.6 Å². The van der Waals surface area contributed by atoms with E-state index in [0.29, 0.717) is 11.3 Å². The van der Waals surface area contributed by atoms with Crippen molar-refractivity contribution in [1.82, 2.24) is 4.98 Å². The highest BCUT2D eigenvalue weighted by Crippen LogP contribution is 2.38. The molecular weight excluding hydrogens is 230 g/mol. The summed E-state index contributed by atoms with van der Waals surface area (Å²) in [5.74, 6) is -0.475. The Balaban J connectivity index is 2.87. The lowest BCUT2D eigenvalue weighted by Crippen LogP contribution is -2.03. The molecule has 0 saturated carbocycles. The van der Waals surface area contributed by atoms with Crippen LogP contribution in [0.1, 0.15) is 10.4 Å². The number of hydrogen-bond acceptors (Lipinski definition) is 5. The largest absolute Gasteiger partial charge is 0.493 e. The van der Waals surface area contributed by atoms with Crippen LogP contribution in [0.15, 0.2) is 11.6 Å². The number of ether oxygens (including phenoxy) is 2. The third kappa shape index (κ3) is 1.47. The Labute approximate surface area is 95.3 Å². The van der Waals surface area contributed by atoms with E-state index >= 15 is 0 Å². The van der Waals surface area contributed by atoms with Crippen LogP contribution in [0.2, 0.25) is 0 Å². The SMILES string of the molecule is COc1cc2scnc2c(C(=O)O)c1OC. The van der Waals surface area contributed by atoms with Gasteiger partial charge in [-0.05, 0) is 0 Å². The molecule has 0 bridgehead atoms. The molecule has 0 fully saturated rings. The van der Waals surface area contributed by atoms with Crippen LogP contribution in [-0.4, -0.2) is 30.3 Å². The monoisotopic (exact) mass is 239 g/mol. The Morgan fingerprint density at radius 1 is 1.44 bits per heavy atom. The van der Waals surface area contributed by atoms with Crippen LogP contribution in [-0.2, 0) is 0 Å². The van der Waals surface area contributed by atoms with Crippen molar-refractivity contribution >= 4 is 27.5 Å². The van der Waals surface area contributed by atoms with Crippen LogP contribution in [0, 0.1) is 0 Å². The fourth-order valence-electron chi connectivity index (χ4n) is 1.51. The van der Waals surface area contributed by atoms with E-state index in [2.05, 4.69) is 4.98 Å². The Bertz CT molecular complexity index is 549. The highest BCUT2D eigenvalue weighted by molar-refractivity contribution is 7.16. The number of nitrogens with zero attached hydrogens (tertiary/aromatic N) is 1. The average Bonchev–Trinajstić information content (AvgIpc) is 2.73. The first-order valence-corrected chi connectivity index (χ1v) is 5.28. The number of benzene rings is 1. The zero-order valence-electron chi connectivity index (χ0n) is 8.68. The maximum Gasteiger partial charge on any atom is 0.341 e. The molecule has 0 aliphatic heterocycles. The number of thiazole rings is 1. The fourth-order valence-corrected chi connectivity index (χ4v) is 2.23. The van der Waals surface area contributed by atoms with Crippen molar-refractivity contribution < 1.29 is 19.4 Å². The van der Waals surface area contributed by atoms with Gasteiger partial charge in [0.1, 0.15) is 5.56 Å². The summed E-state index contributed by atoms with van der Waals surface area (Å²) < 4.78 is 10.9. The summed E-state index contributed by atoms with van der Waals surface area (Å²) in [6, 6.07) is 1.72. The van der Waals surface area contributed by atoms with Gasteiger partial charge in [0.05, 0.1) is 29.9 Å². The van der Waals surface area contributed by atoms with Crippen LogP contribution >= 0.6 is 11.3 Å². The molecule has 5 nitrogen and oxygen atoms in total. The first-order valence-electron chi connectivity index (χ1n) is 4.40. The Morgan fingerprint density at radius 3 is 2.75 bits per heavy atom. The standard InChI is InChI=1S/C10H9NO4S/c1-14-5-3-6-8(11-4-16-6)7(10(12)13)9(5)15-2/h3-4H,1-2H3,(H,12,13). The molecule has 2 aromatic rings. The number of aromatic nitrogens is 1. The molecule has 0 aliphatic rings. The number of carbonyl (C=O) groups is 1. The number of aromatic carboxylic acids is 1. The molecule has 0 spiro atoms. The summed E-state index contributed by atoms with van der Waals surface area (Å²) >= 11 is 1.36. The number of carboxylic acids is 1. The molecule has 1 heterocycles. The normalized spacial score (nSPS) is 10.4. The van der Waals surface area contributed by atoms with E-state index in [9.17, 15) is 4.79 Å². The Kier molecular flexibility index (Phi) is 2.66. The van der Waals surface area contributed by atoms with Crippen LogP contribution < -0.4 is 9.47 Å². The van der Waals surface area contributed by atoms with Crippen LogP contribution in [0.25, 0.3) is 10.2 Å². The number of rotatable bonds is 3. The molecule has 1 N–H and O–H groups in total. The number of methoxy groups -OCH3 is 2. The number of fused-ring (bicyclic) bond motifs is 1. The summed E-state index contributed by atoms with van der Waals surface area (Å²) in [7, 11) is 2.87. The van der Waals surface area contributed by atoms with Gasteiger partial charge in [-0.2, -0.15) is 0 Å². The van der Waals surface area contributed by atoms with E-state index in [4.69, 9.17) is 14.6 Å². The maximum atomic E-state index is 11.2. The van der Waals surface area contributed by atoms with Gasteiger partial charge in [-0.3, -0.25) is 0 Å². The highest BCUT2D eigenvalue weighted by Gasteiger charge is 2.22. The molecule has 1 aromatic heterocycles. The zero-order chi connectivity index (χ0) is 11.7. The van der Waals surface area contributed by atoms with Crippen LogP contribution in [0.3, 0.4) is 0 Å². The topological polar surface area (TPSA) is 68.7 Å². The van der Waals surface area contributed by atoms with Crippen molar-refractivity contribution in [2.45, 2.75) is 0 Å². The van der Waals surface area contributed by atoms with E-state index in [0.717, 1.165) is 4.70 Å². The quantitative estimate of drug-likeness (QED) is 0.887. The van der Waals surface area contributed by atoms with E-state index in [1.54, 1.807) is 11.6 Å². The molecule has 0 radical (unpaired) electrons. The smallest absolute Gasteiger partial charge is 0.341 e. The number of carboxylic acid groups (broad SMARTS) is 1. The summed E-state index contributed by atoms with van der Waals surface area (Å²) in [6.45, 7) is 0. The molecular formula is C10H9NO4S. The number of hydrogen-bond donors (Lipinski definition) is 1. The van der Waals surface area contributed by atoms with Gasteiger partial charge in [0, 0.05) is 6.07 Å². The minimum Gasteiger partial charge on any atom is -0.493 e. The maximum absolute atomic E-state index is 11.2. The van der Waals surface area contributed by atoms with Crippen molar-refractivity contribution in [3.05, 3.63) is 17.1 Å². The van der Waals surface area contributed by atoms with Gasteiger partial charge >= 0.3 is 5.97 Å². The predicted molar refractivity (Wildman–Crippen MR) is 59.7 cm³/mol. The van der Waals surface area contributed by atoms with Crippen molar-refractivity contribution in [2.24, 2.45) is 0 Å². The Hall–Kier alpha value is -1.82. The Morgan fingerprint density at radius 2 is 2.19 bits per heavy atom. The molecule has 0 amide bonds. The third-order valence-electron chi connectivity index (χ3n) is 2.18. The average molecular weight is 239 g/mol. The van der Waals surface area contributed by atoms with Gasteiger partial charge in [0.15, 0.2) is 11.5 Å². The summed E-state index contributed by atoms with van der Waals surface area (Å²) in [4.78, 5) is 15.2. The lowest BCUT2D eigenvalue weighted by atomic mass is 10.1. The van der Waals surface area contributed by atoms with E-state index in [-0.39, 0.29) is 11.3 Å². The summed E-state index contributed by atoms with van der Waals surface area (Å²) in [6.07, 6.45) is 0. The lowest BCUT2D eigenvalue weighted by Gasteiger charge is -2.10. The van der Waals surface area contributed by atoms with Gasteiger partial charge in [0.2, 0.25) is 0 Å². The van der Waals surface area contributed by atoms with E-state index < -0.39 is 5.97 Å². The molecule has 1 aromatic carbocycles. The molecule has 0 aliphatic carbocycles. The minimum atomic E-state index is -1.08. The van der Waals surface area contributed by atoms with E-state index in [1.165, 1.54) is 25.6 Å². The van der Waals surface area contributed by atoms with Gasteiger partial charge in [-0.15, -0.1) is 11.3 Å². The third-order valence-corrected chi connectivity index (χ3v) is 2.96. The highest BCUT2D eigenvalue weighted by atomic mass is 32.1. The predicted octanol–water partition coefficient (Wildman–Crippen LogP) is 2.01. The van der Waals surface area contributed by atoms with Crippen molar-refractivity contribution in [3.63, 3.8) is 0 Å². The van der Waals surface area contributed by atoms with E-state index in [1.807, 2.05) is 0 Å². The zero-order valence-corrected chi connectivity index (χ0v) is 9.50. The molecule has 2 rings (SSSR count). The molecule has 84 valence electrons. The second-order valence-electron chi connectivity index (χ2n) is 2.99. The van der Waals surface area contributed by atoms with Crippen molar-refractivity contribution in [1.29, 1.82) is 0 Å². The second kappa shape index (κ2) is 3.97. The molecule has 0 atom stereocenters. The van der Waals surface area contributed by atoms with Crippen LogP contribution in [0.5, 0.6) is 11.5 Å². The van der Waals surface area contributed by atoms with Crippen LogP contribution in [0.4, 0.5) is 0 Å². The van der Waals surface area contributed by atoms with Gasteiger partial charge in [0.25, 0.3) is 0 Å². The minimum absolute atomic E-state index is 0.0399. The molecule has 0 unspecified atom stereocenters. The van der Waals surface area contributed by atoms with Gasteiger partial charge in [-0.1, -0.05) is 0 Å². The summed E-state index contributed by atoms with van der Waals surface area (Å²) in [5, 5.41) is 9.16. The molecule has 16 heavy (non-hydrogen) atoms. The summed E-state index contributed by atoms with van der Waals surface area (Å²) in [5.41, 5.74) is 2.06. The van der Waals surface area contributed by atoms with Crippen molar-refractivity contribution in [3.8, 4) is 11.5 Å².